The Balaban J connectivity index is 2.04. The van der Waals surface area contributed by atoms with Gasteiger partial charge < -0.3 is 5.11 Å². The highest BCUT2D eigenvalue weighted by Crippen LogP contribution is 2.38. The van der Waals surface area contributed by atoms with Crippen molar-refractivity contribution in [1.82, 2.24) is 25.0 Å². The summed E-state index contributed by atoms with van der Waals surface area (Å²) in [6.07, 6.45) is 0. The third-order valence-electron chi connectivity index (χ3n) is 4.87. The summed E-state index contributed by atoms with van der Waals surface area (Å²) in [7, 11) is 1.61. The summed E-state index contributed by atoms with van der Waals surface area (Å²) < 4.78 is 30.6. The molecule has 0 aliphatic rings. The molecule has 0 bridgehead atoms. The second kappa shape index (κ2) is 7.18. The van der Waals surface area contributed by atoms with Gasteiger partial charge in [-0.1, -0.05) is 6.07 Å². The minimum Gasteiger partial charge on any atom is -0.476 e. The second-order valence-electron chi connectivity index (χ2n) is 6.88. The summed E-state index contributed by atoms with van der Waals surface area (Å²) >= 11 is 0. The van der Waals surface area contributed by atoms with Crippen LogP contribution in [0.3, 0.4) is 0 Å². The average molecular weight is 409 g/mol. The van der Waals surface area contributed by atoms with Gasteiger partial charge in [0.05, 0.1) is 11.3 Å². The molecule has 9 heteroatoms. The standard InChI is InChI=1S/C21H17F2N5O2/c1-10-13(18-9-17(21(29)30)27-28(18)3)7-12(20-24-11(2)25-26-20)8-14(10)19-15(22)5-4-6-16(19)23/h4-9H,1-3H3,(H,29,30)(H,24,25,26). The van der Waals surface area contributed by atoms with Gasteiger partial charge in [0.1, 0.15) is 17.5 Å². The zero-order chi connectivity index (χ0) is 21.6. The number of H-pyrrole nitrogens is 1. The van der Waals surface area contributed by atoms with Gasteiger partial charge in [0.2, 0.25) is 0 Å². The fourth-order valence-corrected chi connectivity index (χ4v) is 3.42. The van der Waals surface area contributed by atoms with Crippen LogP contribution in [0, 0.1) is 25.5 Å². The highest BCUT2D eigenvalue weighted by Gasteiger charge is 2.21. The van der Waals surface area contributed by atoms with Crippen molar-refractivity contribution in [3.63, 3.8) is 0 Å². The molecule has 152 valence electrons. The summed E-state index contributed by atoms with van der Waals surface area (Å²) in [5.41, 5.74) is 2.15. The molecule has 0 unspecified atom stereocenters. The number of aromatic nitrogens is 5. The maximum atomic E-state index is 14.6. The molecule has 0 spiro atoms. The number of nitrogens with one attached hydrogen (secondary N) is 1. The minimum absolute atomic E-state index is 0.135. The summed E-state index contributed by atoms with van der Waals surface area (Å²) in [5.74, 6) is -1.64. The van der Waals surface area contributed by atoms with Crippen LogP contribution in [0.1, 0.15) is 21.9 Å². The zero-order valence-corrected chi connectivity index (χ0v) is 16.4. The largest absolute Gasteiger partial charge is 0.476 e. The van der Waals surface area contributed by atoms with Crippen molar-refractivity contribution in [3.8, 4) is 33.8 Å². The number of nitrogens with zero attached hydrogens (tertiary/aromatic N) is 4. The molecule has 0 amide bonds. The lowest BCUT2D eigenvalue weighted by atomic mass is 9.91. The van der Waals surface area contributed by atoms with E-state index >= 15 is 0 Å². The van der Waals surface area contributed by atoms with Gasteiger partial charge in [-0.05, 0) is 55.3 Å². The van der Waals surface area contributed by atoms with Crippen LogP contribution in [-0.2, 0) is 7.05 Å². The molecule has 0 atom stereocenters. The van der Waals surface area contributed by atoms with E-state index in [-0.39, 0.29) is 11.3 Å². The monoisotopic (exact) mass is 409 g/mol. The first-order chi connectivity index (χ1) is 14.3. The van der Waals surface area contributed by atoms with Gasteiger partial charge in [-0.3, -0.25) is 9.78 Å². The number of hydrogen-bond donors (Lipinski definition) is 2. The molecule has 7 nitrogen and oxygen atoms in total. The van der Waals surface area contributed by atoms with Gasteiger partial charge in [0.25, 0.3) is 0 Å². The van der Waals surface area contributed by atoms with Gasteiger partial charge in [-0.25, -0.2) is 18.6 Å². The van der Waals surface area contributed by atoms with E-state index in [0.29, 0.717) is 39.6 Å². The fourth-order valence-electron chi connectivity index (χ4n) is 3.42. The van der Waals surface area contributed by atoms with Crippen LogP contribution < -0.4 is 0 Å². The Morgan fingerprint density at radius 1 is 1.10 bits per heavy atom. The van der Waals surface area contributed by atoms with Crippen LogP contribution in [0.15, 0.2) is 36.4 Å². The van der Waals surface area contributed by atoms with Crippen molar-refractivity contribution >= 4 is 5.97 Å². The highest BCUT2D eigenvalue weighted by molar-refractivity contribution is 5.89. The quantitative estimate of drug-likeness (QED) is 0.528. The topological polar surface area (TPSA) is 96.7 Å². The Morgan fingerprint density at radius 2 is 1.77 bits per heavy atom. The SMILES string of the molecule is Cc1nc(-c2cc(-c3c(F)cccc3F)c(C)c(-c3cc(C(=O)O)nn3C)c2)n[nH]1. The van der Waals surface area contributed by atoms with Gasteiger partial charge in [0.15, 0.2) is 11.5 Å². The third-order valence-corrected chi connectivity index (χ3v) is 4.87. The van der Waals surface area contributed by atoms with Crippen LogP contribution in [0.25, 0.3) is 33.8 Å². The van der Waals surface area contributed by atoms with E-state index in [4.69, 9.17) is 0 Å². The first kappa shape index (κ1) is 19.4. The second-order valence-corrected chi connectivity index (χ2v) is 6.88. The van der Waals surface area contributed by atoms with E-state index in [0.717, 1.165) is 0 Å². The molecule has 0 fully saturated rings. The molecule has 2 aromatic heterocycles. The number of benzene rings is 2. The Bertz CT molecular complexity index is 1270. The maximum absolute atomic E-state index is 14.6. The number of carbonyl (C=O) groups is 1. The summed E-state index contributed by atoms with van der Waals surface area (Å²) in [5, 5.41) is 20.2. The summed E-state index contributed by atoms with van der Waals surface area (Å²) in [4.78, 5) is 15.7. The van der Waals surface area contributed by atoms with Crippen LogP contribution in [0.5, 0.6) is 0 Å². The number of halogens is 2. The van der Waals surface area contributed by atoms with Crippen molar-refractivity contribution < 1.29 is 18.7 Å². The Hall–Kier alpha value is -3.88. The van der Waals surface area contributed by atoms with Crippen molar-refractivity contribution in [2.75, 3.05) is 0 Å². The molecule has 2 N–H and O–H groups in total. The molecule has 2 aromatic carbocycles. The first-order valence-corrected chi connectivity index (χ1v) is 9.02. The molecule has 0 radical (unpaired) electrons. The van der Waals surface area contributed by atoms with Gasteiger partial charge >= 0.3 is 5.97 Å². The normalized spacial score (nSPS) is 11.1. The van der Waals surface area contributed by atoms with Gasteiger partial charge in [0, 0.05) is 18.2 Å². The number of rotatable bonds is 4. The molecule has 2 heterocycles. The smallest absolute Gasteiger partial charge is 0.356 e. The van der Waals surface area contributed by atoms with Crippen molar-refractivity contribution in [3.05, 3.63) is 65.1 Å². The Morgan fingerprint density at radius 3 is 2.33 bits per heavy atom. The van der Waals surface area contributed by atoms with Crippen molar-refractivity contribution in [1.29, 1.82) is 0 Å². The van der Waals surface area contributed by atoms with E-state index in [1.807, 2.05) is 0 Å². The number of hydrogen-bond acceptors (Lipinski definition) is 4. The fraction of sp³-hybridized carbons (Fsp3) is 0.143. The number of carboxylic acids is 1. The van der Waals surface area contributed by atoms with E-state index in [1.54, 1.807) is 33.0 Å². The molecular weight excluding hydrogens is 392 g/mol. The molecule has 0 saturated carbocycles. The lowest BCUT2D eigenvalue weighted by Crippen LogP contribution is -2.01. The Kier molecular flexibility index (Phi) is 4.65. The van der Waals surface area contributed by atoms with Crippen LogP contribution in [-0.4, -0.2) is 36.0 Å². The van der Waals surface area contributed by atoms with Crippen LogP contribution in [0.2, 0.25) is 0 Å². The minimum atomic E-state index is -1.17. The molecule has 30 heavy (non-hydrogen) atoms. The lowest BCUT2D eigenvalue weighted by Gasteiger charge is -2.15. The maximum Gasteiger partial charge on any atom is 0.356 e. The Labute approximate surface area is 170 Å². The molecule has 0 aliphatic carbocycles. The molecule has 4 rings (SSSR count). The summed E-state index contributed by atoms with van der Waals surface area (Å²) in [6.45, 7) is 3.46. The molecule has 0 aliphatic heterocycles. The molecule has 0 saturated heterocycles. The van der Waals surface area contributed by atoms with Gasteiger partial charge in [-0.2, -0.15) is 10.2 Å². The number of aryl methyl sites for hydroxylation is 2. The van der Waals surface area contributed by atoms with Crippen LogP contribution >= 0.6 is 0 Å². The number of aromatic amines is 1. The van der Waals surface area contributed by atoms with E-state index in [9.17, 15) is 18.7 Å². The molecule has 4 aromatic rings. The van der Waals surface area contributed by atoms with Crippen molar-refractivity contribution in [2.24, 2.45) is 7.05 Å². The predicted molar refractivity (Wildman–Crippen MR) is 106 cm³/mol. The molecular formula is C21H17F2N5O2. The first-order valence-electron chi connectivity index (χ1n) is 9.02. The predicted octanol–water partition coefficient (Wildman–Crippen LogP) is 4.13. The van der Waals surface area contributed by atoms with E-state index < -0.39 is 17.6 Å². The van der Waals surface area contributed by atoms with Gasteiger partial charge in [-0.15, -0.1) is 0 Å². The summed E-state index contributed by atoms with van der Waals surface area (Å²) in [6, 6.07) is 8.47. The van der Waals surface area contributed by atoms with E-state index in [2.05, 4.69) is 20.3 Å². The highest BCUT2D eigenvalue weighted by atomic mass is 19.1. The average Bonchev–Trinajstić information content (AvgIpc) is 3.29. The third kappa shape index (κ3) is 3.24. The lowest BCUT2D eigenvalue weighted by molar-refractivity contribution is 0.0689. The van der Waals surface area contributed by atoms with Crippen molar-refractivity contribution in [2.45, 2.75) is 13.8 Å². The van der Waals surface area contributed by atoms with E-state index in [1.165, 1.54) is 28.9 Å². The zero-order valence-electron chi connectivity index (χ0n) is 16.4. The number of aromatic carboxylic acids is 1. The van der Waals surface area contributed by atoms with Crippen LogP contribution in [0.4, 0.5) is 8.78 Å². The number of carboxylic acid groups (broad SMARTS) is 1.